The van der Waals surface area contributed by atoms with Crippen molar-refractivity contribution < 1.29 is 13.2 Å². The smallest absolute Gasteiger partial charge is 0.300 e. The van der Waals surface area contributed by atoms with E-state index in [4.69, 9.17) is 0 Å². The topological polar surface area (TPSA) is 43.1 Å². The van der Waals surface area contributed by atoms with E-state index in [1.54, 1.807) is 29.0 Å². The Morgan fingerprint density at radius 2 is 2.00 bits per heavy atom. The van der Waals surface area contributed by atoms with E-state index < -0.39 is 11.9 Å². The molecule has 0 bridgehead atoms. The molecule has 8 heteroatoms. The molecule has 3 rings (SSSR count). The van der Waals surface area contributed by atoms with Crippen LogP contribution in [0.15, 0.2) is 53.1 Å². The lowest BCUT2D eigenvalue weighted by Gasteiger charge is -2.09. The van der Waals surface area contributed by atoms with Crippen LogP contribution in [-0.4, -0.2) is 14.5 Å². The van der Waals surface area contributed by atoms with Crippen LogP contribution in [0.25, 0.3) is 5.69 Å². The molecule has 4 nitrogen and oxygen atoms in total. The van der Waals surface area contributed by atoms with Gasteiger partial charge in [0.2, 0.25) is 5.13 Å². The minimum Gasteiger partial charge on any atom is -0.300 e. The SMILES string of the molecule is Cc1csc(N=c2ccccn2-c2ccc(C(F)(F)F)nc2)n1. The zero-order chi connectivity index (χ0) is 16.4. The summed E-state index contributed by atoms with van der Waals surface area (Å²) in [6, 6.07) is 7.64. The van der Waals surface area contributed by atoms with E-state index >= 15 is 0 Å². The molecular weight excluding hydrogens is 325 g/mol. The Kier molecular flexibility index (Phi) is 3.99. The summed E-state index contributed by atoms with van der Waals surface area (Å²) in [5, 5.41) is 2.47. The minimum atomic E-state index is -4.45. The first-order valence-electron chi connectivity index (χ1n) is 6.62. The quantitative estimate of drug-likeness (QED) is 0.712. The molecule has 3 aromatic heterocycles. The van der Waals surface area contributed by atoms with Crippen LogP contribution in [-0.2, 0) is 6.18 Å². The second kappa shape index (κ2) is 5.96. The number of hydrogen-bond acceptors (Lipinski definition) is 4. The molecule has 118 valence electrons. The van der Waals surface area contributed by atoms with Gasteiger partial charge in [-0.25, -0.2) is 15.0 Å². The van der Waals surface area contributed by atoms with Crippen molar-refractivity contribution in [1.29, 1.82) is 0 Å². The lowest BCUT2D eigenvalue weighted by atomic mass is 10.3. The maximum atomic E-state index is 12.6. The maximum absolute atomic E-state index is 12.6. The third kappa shape index (κ3) is 3.48. The van der Waals surface area contributed by atoms with Gasteiger partial charge in [0, 0.05) is 11.6 Å². The van der Waals surface area contributed by atoms with Gasteiger partial charge in [-0.05, 0) is 31.2 Å². The van der Waals surface area contributed by atoms with Gasteiger partial charge in [0.25, 0.3) is 0 Å². The van der Waals surface area contributed by atoms with Crippen molar-refractivity contribution in [1.82, 2.24) is 14.5 Å². The van der Waals surface area contributed by atoms with Gasteiger partial charge in [0.1, 0.15) is 11.2 Å². The summed E-state index contributed by atoms with van der Waals surface area (Å²) in [5.41, 5.74) is 0.994. The highest BCUT2D eigenvalue weighted by Crippen LogP contribution is 2.27. The number of aryl methyl sites for hydroxylation is 1. The van der Waals surface area contributed by atoms with Crippen LogP contribution in [0.4, 0.5) is 18.3 Å². The van der Waals surface area contributed by atoms with Crippen molar-refractivity contribution >= 4 is 16.5 Å². The number of halogens is 3. The van der Waals surface area contributed by atoms with Gasteiger partial charge < -0.3 is 4.57 Å². The van der Waals surface area contributed by atoms with E-state index in [9.17, 15) is 13.2 Å². The molecule has 0 amide bonds. The lowest BCUT2D eigenvalue weighted by molar-refractivity contribution is -0.141. The van der Waals surface area contributed by atoms with E-state index in [0.29, 0.717) is 16.3 Å². The highest BCUT2D eigenvalue weighted by molar-refractivity contribution is 7.13. The van der Waals surface area contributed by atoms with Crippen molar-refractivity contribution in [3.8, 4) is 5.69 Å². The summed E-state index contributed by atoms with van der Waals surface area (Å²) in [7, 11) is 0. The molecule has 0 N–H and O–H groups in total. The lowest BCUT2D eigenvalue weighted by Crippen LogP contribution is -2.18. The summed E-state index contributed by atoms with van der Waals surface area (Å²) >= 11 is 1.40. The Labute approximate surface area is 133 Å². The second-order valence-electron chi connectivity index (χ2n) is 4.71. The predicted octanol–water partition coefficient (Wildman–Crippen LogP) is 3.89. The Bertz CT molecular complexity index is 878. The third-order valence-electron chi connectivity index (χ3n) is 2.97. The number of pyridine rings is 2. The molecule has 0 radical (unpaired) electrons. The molecule has 0 fully saturated rings. The maximum Gasteiger partial charge on any atom is 0.433 e. The summed E-state index contributed by atoms with van der Waals surface area (Å²) in [6.07, 6.45) is -1.57. The van der Waals surface area contributed by atoms with E-state index in [1.165, 1.54) is 23.6 Å². The molecule has 0 unspecified atom stereocenters. The highest BCUT2D eigenvalue weighted by atomic mass is 32.1. The number of alkyl halides is 3. The summed E-state index contributed by atoms with van der Waals surface area (Å²) in [4.78, 5) is 12.2. The average molecular weight is 336 g/mol. The molecule has 23 heavy (non-hydrogen) atoms. The van der Waals surface area contributed by atoms with Crippen molar-refractivity contribution in [3.63, 3.8) is 0 Å². The monoisotopic (exact) mass is 336 g/mol. The van der Waals surface area contributed by atoms with Gasteiger partial charge >= 0.3 is 6.18 Å². The van der Waals surface area contributed by atoms with Crippen LogP contribution in [0.1, 0.15) is 11.4 Å². The van der Waals surface area contributed by atoms with Gasteiger partial charge in [0.05, 0.1) is 17.6 Å². The van der Waals surface area contributed by atoms with E-state index in [0.717, 1.165) is 11.8 Å². The summed E-state index contributed by atoms with van der Waals surface area (Å²) in [5.74, 6) is 0. The Morgan fingerprint density at radius 3 is 2.61 bits per heavy atom. The van der Waals surface area contributed by atoms with E-state index in [-0.39, 0.29) is 0 Å². The molecule has 0 aromatic carbocycles. The van der Waals surface area contributed by atoms with Crippen molar-refractivity contribution in [2.75, 3.05) is 0 Å². The van der Waals surface area contributed by atoms with E-state index in [2.05, 4.69) is 15.0 Å². The standard InChI is InChI=1S/C15H11F3N4S/c1-10-9-23-14(20-10)21-13-4-2-3-7-22(13)11-5-6-12(19-8-11)15(16,17)18/h2-9H,1H3. The van der Waals surface area contributed by atoms with Gasteiger partial charge in [-0.15, -0.1) is 11.3 Å². The minimum absolute atomic E-state index is 0.491. The Hall–Kier alpha value is -2.48. The van der Waals surface area contributed by atoms with Crippen LogP contribution in [0.5, 0.6) is 0 Å². The molecule has 0 saturated carbocycles. The first kappa shape index (κ1) is 15.4. The fraction of sp³-hybridized carbons (Fsp3) is 0.133. The molecular formula is C15H11F3N4S. The zero-order valence-corrected chi connectivity index (χ0v) is 12.8. The number of rotatable bonds is 2. The van der Waals surface area contributed by atoms with Gasteiger partial charge in [-0.3, -0.25) is 0 Å². The van der Waals surface area contributed by atoms with Crippen LogP contribution >= 0.6 is 11.3 Å². The van der Waals surface area contributed by atoms with Gasteiger partial charge in [-0.1, -0.05) is 6.07 Å². The molecule has 0 aliphatic carbocycles. The van der Waals surface area contributed by atoms with Crippen LogP contribution in [0, 0.1) is 6.92 Å². The van der Waals surface area contributed by atoms with Crippen LogP contribution in [0.3, 0.4) is 0 Å². The fourth-order valence-electron chi connectivity index (χ4n) is 1.93. The normalized spacial score (nSPS) is 12.6. The van der Waals surface area contributed by atoms with Crippen LogP contribution < -0.4 is 5.49 Å². The number of aromatic nitrogens is 3. The molecule has 3 aromatic rings. The molecule has 0 atom stereocenters. The number of thiazole rings is 1. The largest absolute Gasteiger partial charge is 0.433 e. The first-order chi connectivity index (χ1) is 10.9. The van der Waals surface area contributed by atoms with Crippen molar-refractivity contribution in [2.24, 2.45) is 4.99 Å². The Morgan fingerprint density at radius 1 is 1.17 bits per heavy atom. The van der Waals surface area contributed by atoms with E-state index in [1.807, 2.05) is 12.3 Å². The first-order valence-corrected chi connectivity index (χ1v) is 7.49. The molecule has 3 heterocycles. The highest BCUT2D eigenvalue weighted by Gasteiger charge is 2.32. The third-order valence-corrected chi connectivity index (χ3v) is 3.82. The summed E-state index contributed by atoms with van der Waals surface area (Å²) < 4.78 is 39.4. The predicted molar refractivity (Wildman–Crippen MR) is 80.6 cm³/mol. The zero-order valence-electron chi connectivity index (χ0n) is 11.9. The number of nitrogens with zero attached hydrogens (tertiary/aromatic N) is 4. The molecule has 0 aliphatic rings. The fourth-order valence-corrected chi connectivity index (χ4v) is 2.60. The number of hydrogen-bond donors (Lipinski definition) is 0. The van der Waals surface area contributed by atoms with Gasteiger partial charge in [-0.2, -0.15) is 13.2 Å². The molecule has 0 saturated heterocycles. The van der Waals surface area contributed by atoms with Gasteiger partial charge in [0.15, 0.2) is 0 Å². The second-order valence-corrected chi connectivity index (χ2v) is 5.55. The average Bonchev–Trinajstić information content (AvgIpc) is 2.92. The van der Waals surface area contributed by atoms with Crippen molar-refractivity contribution in [2.45, 2.75) is 13.1 Å². The van der Waals surface area contributed by atoms with Crippen molar-refractivity contribution in [3.05, 3.63) is 65.0 Å². The van der Waals surface area contributed by atoms with Crippen LogP contribution in [0.2, 0.25) is 0 Å². The summed E-state index contributed by atoms with van der Waals surface area (Å²) in [6.45, 7) is 1.87. The molecule has 0 aliphatic heterocycles. The Balaban J connectivity index is 2.06. The molecule has 0 spiro atoms.